The third kappa shape index (κ3) is 1.43. The maximum atomic E-state index is 5.66. The first-order chi connectivity index (χ1) is 7.40. The fraction of sp³-hybridized carbons (Fsp3) is 0.417. The number of nitrogens with zero attached hydrogens (tertiary/aromatic N) is 1. The Hall–Kier alpha value is -1.35. The number of pyridine rings is 1. The van der Waals surface area contributed by atoms with Crippen LogP contribution in [0.2, 0.25) is 0 Å². The molecule has 0 unspecified atom stereocenters. The van der Waals surface area contributed by atoms with E-state index >= 15 is 0 Å². The maximum Gasteiger partial charge on any atom is 0.0914 e. The van der Waals surface area contributed by atoms with E-state index in [1.807, 2.05) is 12.3 Å². The first-order valence-electron chi connectivity index (χ1n) is 5.55. The Morgan fingerprint density at radius 2 is 2.33 bits per heavy atom. The molecule has 0 aliphatic heterocycles. The molecule has 2 aromatic rings. The van der Waals surface area contributed by atoms with Crippen LogP contribution in [0.4, 0.5) is 0 Å². The molecule has 0 atom stereocenters. The smallest absolute Gasteiger partial charge is 0.0914 e. The molecule has 0 radical (unpaired) electrons. The van der Waals surface area contributed by atoms with Crippen LogP contribution in [-0.2, 0) is 6.42 Å². The first kappa shape index (κ1) is 8.92. The first-order valence-corrected chi connectivity index (χ1v) is 5.55. The number of hydrogen-bond acceptors (Lipinski definition) is 2. The lowest BCUT2D eigenvalue weighted by molar-refractivity contribution is 0.929. The Bertz CT molecular complexity index is 483. The summed E-state index contributed by atoms with van der Waals surface area (Å²) in [6.45, 7) is 0.698. The Morgan fingerprint density at radius 1 is 1.47 bits per heavy atom. The number of hydrogen-bond donors (Lipinski definition) is 2. The number of aromatic nitrogens is 2. The molecular weight excluding hydrogens is 186 g/mol. The highest BCUT2D eigenvalue weighted by atomic mass is 14.8. The second kappa shape index (κ2) is 3.35. The van der Waals surface area contributed by atoms with Gasteiger partial charge in [0.25, 0.3) is 0 Å². The van der Waals surface area contributed by atoms with Crippen LogP contribution in [0.5, 0.6) is 0 Å². The van der Waals surface area contributed by atoms with Crippen molar-refractivity contribution in [1.29, 1.82) is 0 Å². The summed E-state index contributed by atoms with van der Waals surface area (Å²) in [6.07, 6.45) is 5.41. The second-order valence-corrected chi connectivity index (χ2v) is 4.23. The third-order valence-electron chi connectivity index (χ3n) is 3.07. The second-order valence-electron chi connectivity index (χ2n) is 4.23. The molecule has 3 N–H and O–H groups in total. The van der Waals surface area contributed by atoms with E-state index in [1.165, 1.54) is 24.1 Å². The highest BCUT2D eigenvalue weighted by Crippen LogP contribution is 2.42. The van der Waals surface area contributed by atoms with Crippen molar-refractivity contribution < 1.29 is 0 Å². The number of H-pyrrole nitrogens is 1. The average molecular weight is 201 g/mol. The van der Waals surface area contributed by atoms with E-state index in [1.54, 1.807) is 0 Å². The molecule has 1 aliphatic rings. The van der Waals surface area contributed by atoms with Crippen molar-refractivity contribution in [2.24, 2.45) is 5.73 Å². The lowest BCUT2D eigenvalue weighted by Crippen LogP contribution is -2.04. The van der Waals surface area contributed by atoms with Gasteiger partial charge in [-0.15, -0.1) is 0 Å². The summed E-state index contributed by atoms with van der Waals surface area (Å²) in [5.74, 6) is 0.737. The Kier molecular flexibility index (Phi) is 1.99. The monoisotopic (exact) mass is 201 g/mol. The normalized spacial score (nSPS) is 16.1. The number of aromatic amines is 1. The number of rotatable bonds is 3. The number of nitrogens with one attached hydrogen (secondary N) is 1. The molecule has 78 valence electrons. The van der Waals surface area contributed by atoms with Gasteiger partial charge in [-0.3, -0.25) is 4.98 Å². The van der Waals surface area contributed by atoms with E-state index in [-0.39, 0.29) is 0 Å². The van der Waals surface area contributed by atoms with Crippen molar-refractivity contribution in [2.45, 2.75) is 25.2 Å². The molecule has 0 spiro atoms. The third-order valence-corrected chi connectivity index (χ3v) is 3.07. The summed E-state index contributed by atoms with van der Waals surface area (Å²) in [5, 5.41) is 0. The van der Waals surface area contributed by atoms with Gasteiger partial charge in [0.15, 0.2) is 0 Å². The van der Waals surface area contributed by atoms with E-state index in [2.05, 4.69) is 16.0 Å². The van der Waals surface area contributed by atoms with Crippen molar-refractivity contribution in [3.63, 3.8) is 0 Å². The maximum absolute atomic E-state index is 5.66. The average Bonchev–Trinajstić information content (AvgIpc) is 3.04. The Labute approximate surface area is 88.7 Å². The van der Waals surface area contributed by atoms with Crippen LogP contribution in [0.3, 0.4) is 0 Å². The summed E-state index contributed by atoms with van der Waals surface area (Å²) in [7, 11) is 0. The highest BCUT2D eigenvalue weighted by Gasteiger charge is 2.28. The standard InChI is InChI=1S/C12H15N3/c13-6-5-9-11(8-3-4-8)15-10-2-1-7-14-12(9)10/h1-2,7-8,15H,3-6,13H2. The van der Waals surface area contributed by atoms with E-state index in [9.17, 15) is 0 Å². The summed E-state index contributed by atoms with van der Waals surface area (Å²) >= 11 is 0. The van der Waals surface area contributed by atoms with Crippen molar-refractivity contribution >= 4 is 11.0 Å². The van der Waals surface area contributed by atoms with Gasteiger partial charge in [-0.25, -0.2) is 0 Å². The predicted octanol–water partition coefficient (Wildman–Crippen LogP) is 1.94. The summed E-state index contributed by atoms with van der Waals surface area (Å²) in [5.41, 5.74) is 10.7. The van der Waals surface area contributed by atoms with Crippen molar-refractivity contribution in [3.8, 4) is 0 Å². The quantitative estimate of drug-likeness (QED) is 0.797. The van der Waals surface area contributed by atoms with Gasteiger partial charge >= 0.3 is 0 Å². The van der Waals surface area contributed by atoms with Crippen LogP contribution in [0, 0.1) is 0 Å². The zero-order valence-corrected chi connectivity index (χ0v) is 8.66. The van der Waals surface area contributed by atoms with E-state index in [0.29, 0.717) is 6.54 Å². The van der Waals surface area contributed by atoms with Crippen LogP contribution >= 0.6 is 0 Å². The SMILES string of the molecule is NCCc1c(C2CC2)[nH]c2cccnc12. The van der Waals surface area contributed by atoms with Gasteiger partial charge in [-0.2, -0.15) is 0 Å². The van der Waals surface area contributed by atoms with Gasteiger partial charge < -0.3 is 10.7 Å². The summed E-state index contributed by atoms with van der Waals surface area (Å²) in [4.78, 5) is 7.94. The van der Waals surface area contributed by atoms with Crippen LogP contribution in [0.15, 0.2) is 18.3 Å². The lowest BCUT2D eigenvalue weighted by atomic mass is 10.1. The zero-order chi connectivity index (χ0) is 10.3. The van der Waals surface area contributed by atoms with Gasteiger partial charge in [0, 0.05) is 17.5 Å². The van der Waals surface area contributed by atoms with Gasteiger partial charge in [-0.1, -0.05) is 0 Å². The van der Waals surface area contributed by atoms with E-state index in [4.69, 9.17) is 5.73 Å². The number of fused-ring (bicyclic) bond motifs is 1. The molecule has 3 heteroatoms. The molecule has 1 saturated carbocycles. The Balaban J connectivity index is 2.19. The van der Waals surface area contributed by atoms with Crippen molar-refractivity contribution in [2.75, 3.05) is 6.54 Å². The van der Waals surface area contributed by atoms with Gasteiger partial charge in [0.1, 0.15) is 0 Å². The molecule has 1 fully saturated rings. The molecule has 0 bridgehead atoms. The molecule has 3 nitrogen and oxygen atoms in total. The fourth-order valence-electron chi connectivity index (χ4n) is 2.21. The lowest BCUT2D eigenvalue weighted by Gasteiger charge is -1.99. The molecule has 2 heterocycles. The molecule has 1 aliphatic carbocycles. The highest BCUT2D eigenvalue weighted by molar-refractivity contribution is 5.80. The minimum atomic E-state index is 0.698. The summed E-state index contributed by atoms with van der Waals surface area (Å²) in [6, 6.07) is 4.07. The summed E-state index contributed by atoms with van der Waals surface area (Å²) < 4.78 is 0. The molecule has 2 aromatic heterocycles. The van der Waals surface area contributed by atoms with E-state index < -0.39 is 0 Å². The van der Waals surface area contributed by atoms with Crippen LogP contribution in [-0.4, -0.2) is 16.5 Å². The molecule has 0 saturated heterocycles. The number of nitrogens with two attached hydrogens (primary N) is 1. The minimum absolute atomic E-state index is 0.698. The topological polar surface area (TPSA) is 54.7 Å². The van der Waals surface area contributed by atoms with Gasteiger partial charge in [0.05, 0.1) is 11.0 Å². The predicted molar refractivity (Wildman–Crippen MR) is 60.8 cm³/mol. The largest absolute Gasteiger partial charge is 0.357 e. The van der Waals surface area contributed by atoms with Crippen LogP contribution in [0.25, 0.3) is 11.0 Å². The molecular formula is C12H15N3. The van der Waals surface area contributed by atoms with Crippen LogP contribution in [0.1, 0.15) is 30.0 Å². The molecule has 3 rings (SSSR count). The van der Waals surface area contributed by atoms with Gasteiger partial charge in [0.2, 0.25) is 0 Å². The molecule has 0 aromatic carbocycles. The van der Waals surface area contributed by atoms with E-state index in [0.717, 1.165) is 23.4 Å². The molecule has 0 amide bonds. The van der Waals surface area contributed by atoms with Crippen molar-refractivity contribution in [3.05, 3.63) is 29.6 Å². The van der Waals surface area contributed by atoms with Gasteiger partial charge in [-0.05, 0) is 43.9 Å². The molecule has 15 heavy (non-hydrogen) atoms. The zero-order valence-electron chi connectivity index (χ0n) is 8.66. The van der Waals surface area contributed by atoms with Crippen molar-refractivity contribution in [1.82, 2.24) is 9.97 Å². The minimum Gasteiger partial charge on any atom is -0.357 e. The fourth-order valence-corrected chi connectivity index (χ4v) is 2.21. The van der Waals surface area contributed by atoms with Crippen LogP contribution < -0.4 is 5.73 Å². The Morgan fingerprint density at radius 3 is 3.07 bits per heavy atom.